The smallest absolute Gasteiger partial charge is 0.375 e. The molecule has 0 aliphatic carbocycles. The van der Waals surface area contributed by atoms with Crippen molar-refractivity contribution in [2.75, 3.05) is 12.4 Å². The minimum Gasteiger partial charge on any atom is -0.495 e. The van der Waals surface area contributed by atoms with E-state index in [4.69, 9.17) is 25.5 Å². The Hall–Kier alpha value is -2.47. The Morgan fingerprint density at radius 2 is 1.96 bits per heavy atom. The molecule has 24 heavy (non-hydrogen) atoms. The lowest BCUT2D eigenvalue weighted by Gasteiger charge is -2.16. The summed E-state index contributed by atoms with van der Waals surface area (Å²) in [7, 11) is 1.47. The fraction of sp³-hybridized carbons (Fsp3) is 0.294. The molecule has 0 radical (unpaired) electrons. The topological polar surface area (TPSA) is 77.8 Å². The largest absolute Gasteiger partial charge is 0.495 e. The fourth-order valence-corrected chi connectivity index (χ4v) is 2.17. The Labute approximate surface area is 144 Å². The molecule has 1 N–H and O–H groups in total. The van der Waals surface area contributed by atoms with E-state index in [1.165, 1.54) is 20.3 Å². The van der Waals surface area contributed by atoms with Gasteiger partial charge in [0.05, 0.1) is 19.1 Å². The second-order valence-electron chi connectivity index (χ2n) is 5.27. The Morgan fingerprint density at radius 1 is 1.25 bits per heavy atom. The lowest BCUT2D eigenvalue weighted by Crippen LogP contribution is -2.30. The van der Waals surface area contributed by atoms with Gasteiger partial charge in [-0.1, -0.05) is 11.6 Å². The van der Waals surface area contributed by atoms with Crippen LogP contribution < -0.4 is 10.1 Å². The molecule has 0 aliphatic rings. The summed E-state index contributed by atoms with van der Waals surface area (Å²) in [6, 6.07) is 4.93. The second-order valence-corrected chi connectivity index (χ2v) is 5.68. The third kappa shape index (κ3) is 3.89. The van der Waals surface area contributed by atoms with Gasteiger partial charge in [0, 0.05) is 16.7 Å². The van der Waals surface area contributed by atoms with E-state index in [0.717, 1.165) is 5.56 Å². The Balaban J connectivity index is 2.08. The average Bonchev–Trinajstić information content (AvgIpc) is 2.96. The van der Waals surface area contributed by atoms with Gasteiger partial charge in [0.2, 0.25) is 5.76 Å². The van der Waals surface area contributed by atoms with Crippen LogP contribution in [0.2, 0.25) is 5.02 Å². The maximum Gasteiger partial charge on any atom is 0.375 e. The summed E-state index contributed by atoms with van der Waals surface area (Å²) in [6.45, 7) is 4.99. The molecule has 0 fully saturated rings. The number of hydrogen-bond donors (Lipinski definition) is 1. The van der Waals surface area contributed by atoms with E-state index in [1.54, 1.807) is 32.0 Å². The van der Waals surface area contributed by atoms with Crippen molar-refractivity contribution < 1.29 is 23.5 Å². The van der Waals surface area contributed by atoms with Crippen molar-refractivity contribution in [3.8, 4) is 5.75 Å². The molecular formula is C17H18ClNO5. The van der Waals surface area contributed by atoms with Gasteiger partial charge in [-0.3, -0.25) is 4.79 Å². The SMILES string of the molecule is COc1cc(Cl)c(C)cc1NC(=O)C(C)OC(=O)c1occc1C. The number of ether oxygens (including phenoxy) is 2. The van der Waals surface area contributed by atoms with Crippen LogP contribution in [0.3, 0.4) is 0 Å². The summed E-state index contributed by atoms with van der Waals surface area (Å²) in [5.74, 6) is -0.694. The van der Waals surface area contributed by atoms with Crippen LogP contribution in [0.15, 0.2) is 28.9 Å². The highest BCUT2D eigenvalue weighted by Gasteiger charge is 2.23. The minimum absolute atomic E-state index is 0.0783. The van der Waals surface area contributed by atoms with Gasteiger partial charge in [-0.15, -0.1) is 0 Å². The Kier molecular flexibility index (Phi) is 5.51. The van der Waals surface area contributed by atoms with Gasteiger partial charge in [-0.25, -0.2) is 4.79 Å². The number of benzene rings is 1. The number of anilines is 1. The van der Waals surface area contributed by atoms with Crippen molar-refractivity contribution in [1.82, 2.24) is 0 Å². The number of rotatable bonds is 5. The highest BCUT2D eigenvalue weighted by Crippen LogP contribution is 2.31. The van der Waals surface area contributed by atoms with Crippen molar-refractivity contribution in [2.45, 2.75) is 26.9 Å². The maximum atomic E-state index is 12.3. The third-order valence-corrected chi connectivity index (χ3v) is 3.85. The summed E-state index contributed by atoms with van der Waals surface area (Å²) in [5.41, 5.74) is 1.87. The van der Waals surface area contributed by atoms with E-state index in [9.17, 15) is 9.59 Å². The molecule has 1 amide bonds. The molecule has 7 heteroatoms. The number of carbonyl (C=O) groups is 2. The van der Waals surface area contributed by atoms with E-state index >= 15 is 0 Å². The van der Waals surface area contributed by atoms with Crippen LogP contribution in [-0.2, 0) is 9.53 Å². The zero-order valence-corrected chi connectivity index (χ0v) is 14.6. The summed E-state index contributed by atoms with van der Waals surface area (Å²) in [5, 5.41) is 3.19. The fourth-order valence-electron chi connectivity index (χ4n) is 2.01. The number of carbonyl (C=O) groups excluding carboxylic acids is 2. The molecule has 0 saturated heterocycles. The highest BCUT2D eigenvalue weighted by molar-refractivity contribution is 6.31. The van der Waals surface area contributed by atoms with Gasteiger partial charge in [-0.2, -0.15) is 0 Å². The van der Waals surface area contributed by atoms with E-state index < -0.39 is 18.0 Å². The molecule has 1 aromatic heterocycles. The summed E-state index contributed by atoms with van der Waals surface area (Å²) in [6.07, 6.45) is 0.376. The molecule has 2 rings (SSSR count). The number of amides is 1. The first-order valence-electron chi connectivity index (χ1n) is 7.23. The molecule has 0 bridgehead atoms. The van der Waals surface area contributed by atoms with Crippen LogP contribution in [0, 0.1) is 13.8 Å². The van der Waals surface area contributed by atoms with Crippen LogP contribution in [-0.4, -0.2) is 25.1 Å². The number of halogens is 1. The lowest BCUT2D eigenvalue weighted by atomic mass is 10.2. The van der Waals surface area contributed by atoms with E-state index in [0.29, 0.717) is 22.0 Å². The molecule has 6 nitrogen and oxygen atoms in total. The van der Waals surface area contributed by atoms with Gasteiger partial charge < -0.3 is 19.2 Å². The monoisotopic (exact) mass is 351 g/mol. The Bertz CT molecular complexity index is 768. The van der Waals surface area contributed by atoms with Gasteiger partial charge >= 0.3 is 5.97 Å². The van der Waals surface area contributed by atoms with Crippen molar-refractivity contribution in [3.05, 3.63) is 46.4 Å². The van der Waals surface area contributed by atoms with Crippen molar-refractivity contribution >= 4 is 29.2 Å². The van der Waals surface area contributed by atoms with Gasteiger partial charge in [0.25, 0.3) is 5.91 Å². The van der Waals surface area contributed by atoms with Gasteiger partial charge in [-0.05, 0) is 38.5 Å². The van der Waals surface area contributed by atoms with Crippen LogP contribution in [0.5, 0.6) is 5.75 Å². The first-order valence-corrected chi connectivity index (χ1v) is 7.61. The second kappa shape index (κ2) is 7.40. The molecule has 1 heterocycles. The van der Waals surface area contributed by atoms with E-state index in [2.05, 4.69) is 5.32 Å². The van der Waals surface area contributed by atoms with Crippen molar-refractivity contribution in [2.24, 2.45) is 0 Å². The molecule has 0 aliphatic heterocycles. The lowest BCUT2D eigenvalue weighted by molar-refractivity contribution is -0.123. The molecule has 0 spiro atoms. The molecule has 1 unspecified atom stereocenters. The molecular weight excluding hydrogens is 334 g/mol. The summed E-state index contributed by atoms with van der Waals surface area (Å²) >= 11 is 6.03. The molecule has 0 saturated carbocycles. The summed E-state index contributed by atoms with van der Waals surface area (Å²) < 4.78 is 15.4. The number of nitrogens with one attached hydrogen (secondary N) is 1. The highest BCUT2D eigenvalue weighted by atomic mass is 35.5. The molecule has 1 aromatic carbocycles. The minimum atomic E-state index is -1.01. The molecule has 1 atom stereocenters. The Morgan fingerprint density at radius 3 is 2.54 bits per heavy atom. The van der Waals surface area contributed by atoms with E-state index in [1.807, 2.05) is 0 Å². The zero-order chi connectivity index (χ0) is 17.9. The van der Waals surface area contributed by atoms with Crippen molar-refractivity contribution in [1.29, 1.82) is 0 Å². The normalized spacial score (nSPS) is 11.7. The van der Waals surface area contributed by atoms with E-state index in [-0.39, 0.29) is 5.76 Å². The molecule has 128 valence electrons. The first kappa shape index (κ1) is 17.9. The van der Waals surface area contributed by atoms with Crippen LogP contribution in [0.25, 0.3) is 0 Å². The third-order valence-electron chi connectivity index (χ3n) is 3.44. The van der Waals surface area contributed by atoms with Crippen LogP contribution >= 0.6 is 11.6 Å². The first-order chi connectivity index (χ1) is 11.3. The predicted octanol–water partition coefficient (Wildman–Crippen LogP) is 3.74. The number of aryl methyl sites for hydroxylation is 2. The van der Waals surface area contributed by atoms with Gasteiger partial charge in [0.15, 0.2) is 6.10 Å². The number of esters is 1. The van der Waals surface area contributed by atoms with Gasteiger partial charge in [0.1, 0.15) is 5.75 Å². The maximum absolute atomic E-state index is 12.3. The van der Waals surface area contributed by atoms with Crippen molar-refractivity contribution in [3.63, 3.8) is 0 Å². The van der Waals surface area contributed by atoms with Crippen LogP contribution in [0.1, 0.15) is 28.6 Å². The standard InChI is InChI=1S/C17H18ClNO5/c1-9-5-6-23-15(9)17(21)24-11(3)16(20)19-13-7-10(2)12(18)8-14(13)22-4/h5-8,11H,1-4H3,(H,19,20). The quantitative estimate of drug-likeness (QED) is 0.830. The predicted molar refractivity (Wildman–Crippen MR) is 89.7 cm³/mol. The van der Waals surface area contributed by atoms with Crippen LogP contribution in [0.4, 0.5) is 5.69 Å². The molecule has 2 aromatic rings. The zero-order valence-electron chi connectivity index (χ0n) is 13.8. The number of furan rings is 1. The number of methoxy groups -OCH3 is 1. The summed E-state index contributed by atoms with van der Waals surface area (Å²) in [4.78, 5) is 24.2. The number of hydrogen-bond acceptors (Lipinski definition) is 5. The average molecular weight is 352 g/mol.